The lowest BCUT2D eigenvalue weighted by molar-refractivity contribution is -0.118. The summed E-state index contributed by atoms with van der Waals surface area (Å²) in [5.74, 6) is -0.427. The molecule has 1 saturated heterocycles. The summed E-state index contributed by atoms with van der Waals surface area (Å²) in [7, 11) is 0. The van der Waals surface area contributed by atoms with Crippen molar-refractivity contribution in [3.05, 3.63) is 30.1 Å². The highest BCUT2D eigenvalue weighted by molar-refractivity contribution is 5.95. The molecule has 0 aliphatic carbocycles. The molecule has 0 aromatic heterocycles. The van der Waals surface area contributed by atoms with Crippen molar-refractivity contribution in [2.45, 2.75) is 0 Å². The van der Waals surface area contributed by atoms with E-state index in [9.17, 15) is 9.18 Å². The quantitative estimate of drug-likeness (QED) is 0.716. The minimum Gasteiger partial charge on any atom is -0.307 e. The molecule has 1 amide bonds. The second kappa shape index (κ2) is 3.75. The first-order valence-electron chi connectivity index (χ1n) is 4.54. The number of piperazine rings is 1. The van der Waals surface area contributed by atoms with Gasteiger partial charge in [0, 0.05) is 13.1 Å². The normalized spacial score (nSPS) is 17.2. The van der Waals surface area contributed by atoms with Gasteiger partial charge in [0.15, 0.2) is 0 Å². The van der Waals surface area contributed by atoms with Crippen LogP contribution in [0.15, 0.2) is 24.3 Å². The van der Waals surface area contributed by atoms with Gasteiger partial charge in [0.2, 0.25) is 5.91 Å². The molecule has 3 nitrogen and oxygen atoms in total. The molecule has 0 bridgehead atoms. The van der Waals surface area contributed by atoms with Crippen molar-refractivity contribution in [2.75, 3.05) is 24.5 Å². The van der Waals surface area contributed by atoms with Crippen LogP contribution in [0.3, 0.4) is 0 Å². The van der Waals surface area contributed by atoms with E-state index < -0.39 is 0 Å². The van der Waals surface area contributed by atoms with E-state index >= 15 is 0 Å². The number of nitrogens with zero attached hydrogens (tertiary/aromatic N) is 1. The van der Waals surface area contributed by atoms with Crippen LogP contribution in [0.1, 0.15) is 0 Å². The van der Waals surface area contributed by atoms with Crippen molar-refractivity contribution >= 4 is 11.6 Å². The Morgan fingerprint density at radius 3 is 2.86 bits per heavy atom. The Morgan fingerprint density at radius 2 is 2.14 bits per heavy atom. The zero-order valence-electron chi connectivity index (χ0n) is 7.66. The van der Waals surface area contributed by atoms with Gasteiger partial charge in [0.05, 0.1) is 12.2 Å². The van der Waals surface area contributed by atoms with E-state index in [4.69, 9.17) is 0 Å². The molecule has 0 radical (unpaired) electrons. The summed E-state index contributed by atoms with van der Waals surface area (Å²) in [6.07, 6.45) is 0. The van der Waals surface area contributed by atoms with Crippen LogP contribution in [0.2, 0.25) is 0 Å². The standard InChI is InChI=1S/C10H11FN2O/c11-8-3-1-2-4-9(8)13-6-5-12-7-10(13)14/h1-4,12H,5-7H2. The maximum absolute atomic E-state index is 13.3. The Morgan fingerprint density at radius 1 is 1.36 bits per heavy atom. The molecule has 1 aliphatic rings. The fourth-order valence-electron chi connectivity index (χ4n) is 1.53. The highest BCUT2D eigenvalue weighted by Crippen LogP contribution is 2.19. The SMILES string of the molecule is O=C1CNCCN1c1ccccc1F. The molecule has 1 N–H and O–H groups in total. The lowest BCUT2D eigenvalue weighted by Gasteiger charge is -2.27. The summed E-state index contributed by atoms with van der Waals surface area (Å²) < 4.78 is 13.3. The van der Waals surface area contributed by atoms with Crippen LogP contribution < -0.4 is 10.2 Å². The van der Waals surface area contributed by atoms with Crippen LogP contribution >= 0.6 is 0 Å². The van der Waals surface area contributed by atoms with Crippen LogP contribution in [-0.2, 0) is 4.79 Å². The number of halogens is 1. The Kier molecular flexibility index (Phi) is 2.45. The van der Waals surface area contributed by atoms with Gasteiger partial charge in [-0.3, -0.25) is 4.79 Å². The Hall–Kier alpha value is -1.42. The number of para-hydroxylation sites is 1. The van der Waals surface area contributed by atoms with Gasteiger partial charge >= 0.3 is 0 Å². The minimum absolute atomic E-state index is 0.0821. The van der Waals surface area contributed by atoms with Gasteiger partial charge in [-0.15, -0.1) is 0 Å². The Labute approximate surface area is 81.5 Å². The third kappa shape index (κ3) is 1.61. The molecule has 2 rings (SSSR count). The molecule has 1 fully saturated rings. The first-order valence-corrected chi connectivity index (χ1v) is 4.54. The highest BCUT2D eigenvalue weighted by atomic mass is 19.1. The lowest BCUT2D eigenvalue weighted by Crippen LogP contribution is -2.48. The van der Waals surface area contributed by atoms with Crippen molar-refractivity contribution in [3.63, 3.8) is 0 Å². The number of amides is 1. The smallest absolute Gasteiger partial charge is 0.241 e. The third-order valence-corrected chi connectivity index (χ3v) is 2.23. The van der Waals surface area contributed by atoms with Crippen molar-refractivity contribution in [3.8, 4) is 0 Å². The maximum Gasteiger partial charge on any atom is 0.241 e. The molecule has 4 heteroatoms. The number of nitrogens with one attached hydrogen (secondary N) is 1. The summed E-state index contributed by atoms with van der Waals surface area (Å²) in [6, 6.07) is 6.34. The van der Waals surface area contributed by atoms with Gasteiger partial charge in [-0.05, 0) is 12.1 Å². The third-order valence-electron chi connectivity index (χ3n) is 2.23. The monoisotopic (exact) mass is 194 g/mol. The Balaban J connectivity index is 2.29. The molecule has 0 atom stereocenters. The second-order valence-corrected chi connectivity index (χ2v) is 3.17. The van der Waals surface area contributed by atoms with Crippen LogP contribution in [0, 0.1) is 5.82 Å². The van der Waals surface area contributed by atoms with Crippen LogP contribution in [0.4, 0.5) is 10.1 Å². The number of hydrogen-bond acceptors (Lipinski definition) is 2. The molecule has 1 aliphatic heterocycles. The molecule has 0 spiro atoms. The summed E-state index contributed by atoms with van der Waals surface area (Å²) >= 11 is 0. The number of carbonyl (C=O) groups excluding carboxylic acids is 1. The van der Waals surface area contributed by atoms with E-state index in [0.717, 1.165) is 0 Å². The largest absolute Gasteiger partial charge is 0.307 e. The van der Waals surface area contributed by atoms with E-state index in [1.165, 1.54) is 11.0 Å². The molecular weight excluding hydrogens is 183 g/mol. The molecule has 1 aromatic carbocycles. The topological polar surface area (TPSA) is 32.3 Å². The molecular formula is C10H11FN2O. The van der Waals surface area contributed by atoms with E-state index in [1.54, 1.807) is 18.2 Å². The van der Waals surface area contributed by atoms with Crippen molar-refractivity contribution in [1.29, 1.82) is 0 Å². The zero-order chi connectivity index (χ0) is 9.97. The minimum atomic E-state index is -0.345. The van der Waals surface area contributed by atoms with Crippen LogP contribution in [0.5, 0.6) is 0 Å². The fraction of sp³-hybridized carbons (Fsp3) is 0.300. The Bertz CT molecular complexity index is 354. The predicted octanol–water partition coefficient (Wildman–Crippen LogP) is 0.762. The second-order valence-electron chi connectivity index (χ2n) is 3.17. The number of anilines is 1. The first kappa shape index (κ1) is 9.15. The highest BCUT2D eigenvalue weighted by Gasteiger charge is 2.21. The van der Waals surface area contributed by atoms with E-state index in [-0.39, 0.29) is 18.3 Å². The zero-order valence-corrected chi connectivity index (χ0v) is 7.66. The number of hydrogen-bond donors (Lipinski definition) is 1. The van der Waals surface area contributed by atoms with E-state index in [0.29, 0.717) is 18.8 Å². The molecule has 74 valence electrons. The molecule has 14 heavy (non-hydrogen) atoms. The molecule has 1 heterocycles. The van der Waals surface area contributed by atoms with Gasteiger partial charge in [-0.25, -0.2) is 4.39 Å². The van der Waals surface area contributed by atoms with Gasteiger partial charge < -0.3 is 10.2 Å². The first-order chi connectivity index (χ1) is 6.79. The average molecular weight is 194 g/mol. The summed E-state index contributed by atoms with van der Waals surface area (Å²) in [5, 5.41) is 2.94. The number of rotatable bonds is 1. The van der Waals surface area contributed by atoms with E-state index in [1.807, 2.05) is 0 Å². The van der Waals surface area contributed by atoms with Gasteiger partial charge in [-0.1, -0.05) is 12.1 Å². The molecule has 1 aromatic rings. The average Bonchev–Trinajstić information content (AvgIpc) is 2.20. The number of carbonyl (C=O) groups is 1. The maximum atomic E-state index is 13.3. The van der Waals surface area contributed by atoms with E-state index in [2.05, 4.69) is 5.32 Å². The fourth-order valence-corrected chi connectivity index (χ4v) is 1.53. The van der Waals surface area contributed by atoms with Crippen molar-refractivity contribution in [1.82, 2.24) is 5.32 Å². The van der Waals surface area contributed by atoms with Crippen LogP contribution in [-0.4, -0.2) is 25.5 Å². The summed E-state index contributed by atoms with van der Waals surface area (Å²) in [6.45, 7) is 1.52. The predicted molar refractivity (Wildman–Crippen MR) is 51.6 cm³/mol. The molecule has 0 unspecified atom stereocenters. The molecule has 0 saturated carbocycles. The van der Waals surface area contributed by atoms with Crippen molar-refractivity contribution in [2.24, 2.45) is 0 Å². The van der Waals surface area contributed by atoms with Crippen LogP contribution in [0.25, 0.3) is 0 Å². The van der Waals surface area contributed by atoms with Gasteiger partial charge in [-0.2, -0.15) is 0 Å². The van der Waals surface area contributed by atoms with Crippen molar-refractivity contribution < 1.29 is 9.18 Å². The van der Waals surface area contributed by atoms with Gasteiger partial charge in [0.25, 0.3) is 0 Å². The lowest BCUT2D eigenvalue weighted by atomic mass is 10.2. The number of benzene rings is 1. The summed E-state index contributed by atoms with van der Waals surface area (Å²) in [5.41, 5.74) is 0.374. The summed E-state index contributed by atoms with van der Waals surface area (Å²) in [4.78, 5) is 12.9. The van der Waals surface area contributed by atoms with Gasteiger partial charge in [0.1, 0.15) is 5.82 Å².